The fourth-order valence-electron chi connectivity index (χ4n) is 4.34. The van der Waals surface area contributed by atoms with E-state index in [1.165, 1.54) is 29.5 Å². The zero-order valence-corrected chi connectivity index (χ0v) is 20.8. The topological polar surface area (TPSA) is 81.9 Å². The number of thiophene rings is 1. The van der Waals surface area contributed by atoms with Gasteiger partial charge in [-0.1, -0.05) is 50.3 Å². The van der Waals surface area contributed by atoms with Gasteiger partial charge in [0.25, 0.3) is 0 Å². The number of thioether (sulfide) groups is 1. The molecule has 0 aromatic carbocycles. The Morgan fingerprint density at radius 3 is 2.81 bits per heavy atom. The van der Waals surface area contributed by atoms with E-state index in [9.17, 15) is 10.1 Å². The molecule has 1 fully saturated rings. The van der Waals surface area contributed by atoms with Gasteiger partial charge in [0.2, 0.25) is 11.0 Å². The fraction of sp³-hybridized carbons (Fsp3) is 0.636. The van der Waals surface area contributed by atoms with E-state index in [2.05, 4.69) is 47.3 Å². The molecule has 3 heterocycles. The summed E-state index contributed by atoms with van der Waals surface area (Å²) in [6, 6.07) is 2.35. The van der Waals surface area contributed by atoms with Crippen molar-refractivity contribution in [3.8, 4) is 6.07 Å². The molecule has 1 saturated heterocycles. The number of carbonyl (C=O) groups excluding carboxylic acids is 1. The van der Waals surface area contributed by atoms with Crippen molar-refractivity contribution in [2.45, 2.75) is 63.6 Å². The van der Waals surface area contributed by atoms with Gasteiger partial charge in [0.1, 0.15) is 11.1 Å². The van der Waals surface area contributed by atoms with Crippen molar-refractivity contribution < 1.29 is 4.79 Å². The first-order valence-corrected chi connectivity index (χ1v) is 13.6. The first-order valence-electron chi connectivity index (χ1n) is 11.0. The summed E-state index contributed by atoms with van der Waals surface area (Å²) in [5, 5.41) is 22.9. The van der Waals surface area contributed by atoms with E-state index >= 15 is 0 Å². The van der Waals surface area contributed by atoms with Crippen LogP contribution in [0.3, 0.4) is 0 Å². The number of hydrogen-bond donors (Lipinski definition) is 1. The first-order chi connectivity index (χ1) is 14.9. The van der Waals surface area contributed by atoms with Gasteiger partial charge < -0.3 is 10.2 Å². The van der Waals surface area contributed by atoms with Crippen LogP contribution in [0.2, 0.25) is 0 Å². The molecule has 166 valence electrons. The van der Waals surface area contributed by atoms with Crippen LogP contribution >= 0.6 is 34.4 Å². The maximum absolute atomic E-state index is 12.6. The number of amides is 1. The van der Waals surface area contributed by atoms with Crippen molar-refractivity contribution in [3.05, 3.63) is 16.0 Å². The van der Waals surface area contributed by atoms with Crippen LogP contribution in [0, 0.1) is 22.7 Å². The number of carbonyl (C=O) groups is 1. The average Bonchev–Trinajstić information content (AvgIpc) is 3.50. The van der Waals surface area contributed by atoms with Crippen LogP contribution in [0.4, 0.5) is 10.1 Å². The summed E-state index contributed by atoms with van der Waals surface area (Å²) >= 11 is 4.55. The van der Waals surface area contributed by atoms with Crippen molar-refractivity contribution in [1.29, 1.82) is 5.26 Å². The van der Waals surface area contributed by atoms with Gasteiger partial charge in [-0.15, -0.1) is 21.5 Å². The van der Waals surface area contributed by atoms with Crippen LogP contribution in [0.5, 0.6) is 0 Å². The summed E-state index contributed by atoms with van der Waals surface area (Å²) in [7, 11) is 0. The maximum atomic E-state index is 12.6. The van der Waals surface area contributed by atoms with E-state index in [0.29, 0.717) is 21.9 Å². The number of rotatable bonds is 7. The van der Waals surface area contributed by atoms with Crippen molar-refractivity contribution >= 4 is 50.5 Å². The van der Waals surface area contributed by atoms with Gasteiger partial charge in [-0.25, -0.2) is 0 Å². The van der Waals surface area contributed by atoms with Crippen molar-refractivity contribution in [1.82, 2.24) is 10.2 Å². The number of nitrogens with zero attached hydrogens (tertiary/aromatic N) is 4. The normalized spacial score (nSPS) is 18.6. The second-order valence-electron chi connectivity index (χ2n) is 8.98. The Hall–Kier alpha value is -1.63. The Morgan fingerprint density at radius 1 is 1.32 bits per heavy atom. The Bertz CT molecular complexity index is 984. The molecule has 1 atom stereocenters. The first kappa shape index (κ1) is 22.6. The molecule has 6 nitrogen and oxygen atoms in total. The molecule has 0 bridgehead atoms. The van der Waals surface area contributed by atoms with Gasteiger partial charge in [-0.3, -0.25) is 4.79 Å². The smallest absolute Gasteiger partial charge is 0.235 e. The molecule has 1 unspecified atom stereocenters. The monoisotopic (exact) mass is 475 g/mol. The van der Waals surface area contributed by atoms with Gasteiger partial charge >= 0.3 is 0 Å². The average molecular weight is 476 g/mol. The van der Waals surface area contributed by atoms with Crippen LogP contribution in [-0.4, -0.2) is 34.9 Å². The highest BCUT2D eigenvalue weighted by molar-refractivity contribution is 8.01. The zero-order chi connectivity index (χ0) is 22.0. The number of nitrogens with one attached hydrogen (secondary N) is 1. The van der Waals surface area contributed by atoms with Crippen LogP contribution < -0.4 is 10.2 Å². The van der Waals surface area contributed by atoms with Gasteiger partial charge in [-0.2, -0.15) is 5.26 Å². The molecule has 2 aromatic rings. The van der Waals surface area contributed by atoms with Crippen LogP contribution in [-0.2, 0) is 17.6 Å². The highest BCUT2D eigenvalue weighted by atomic mass is 32.2. The predicted octanol–water partition coefficient (Wildman–Crippen LogP) is 5.34. The molecule has 4 rings (SSSR count). The third-order valence-electron chi connectivity index (χ3n) is 6.75. The quantitative estimate of drug-likeness (QED) is 0.544. The highest BCUT2D eigenvalue weighted by Crippen LogP contribution is 2.45. The molecule has 1 aliphatic heterocycles. The van der Waals surface area contributed by atoms with E-state index in [1.54, 1.807) is 22.7 Å². The van der Waals surface area contributed by atoms with E-state index in [4.69, 9.17) is 0 Å². The molecule has 0 spiro atoms. The molecular formula is C22H29N5OS3. The molecule has 0 radical (unpaired) electrons. The van der Waals surface area contributed by atoms with Crippen molar-refractivity contribution in [3.63, 3.8) is 0 Å². The summed E-state index contributed by atoms with van der Waals surface area (Å²) in [5.41, 5.74) is 2.11. The molecule has 2 aromatic heterocycles. The summed E-state index contributed by atoms with van der Waals surface area (Å²) in [5.74, 6) is 0.799. The van der Waals surface area contributed by atoms with Crippen LogP contribution in [0.1, 0.15) is 62.5 Å². The summed E-state index contributed by atoms with van der Waals surface area (Å²) < 4.78 is 0.813. The van der Waals surface area contributed by atoms with Gasteiger partial charge in [0, 0.05) is 18.0 Å². The molecule has 1 amide bonds. The minimum absolute atomic E-state index is 0.0940. The second kappa shape index (κ2) is 9.47. The molecule has 9 heteroatoms. The third-order valence-corrected chi connectivity index (χ3v) is 10.0. The van der Waals surface area contributed by atoms with Crippen LogP contribution in [0.15, 0.2) is 4.34 Å². The number of hydrogen-bond acceptors (Lipinski definition) is 8. The maximum Gasteiger partial charge on any atom is 0.235 e. The lowest BCUT2D eigenvalue weighted by Gasteiger charge is -2.36. The summed E-state index contributed by atoms with van der Waals surface area (Å²) in [4.78, 5) is 16.1. The molecule has 2 aliphatic rings. The van der Waals surface area contributed by atoms with E-state index in [1.807, 2.05) is 0 Å². The summed E-state index contributed by atoms with van der Waals surface area (Å²) in [6.07, 6.45) is 6.59. The van der Waals surface area contributed by atoms with E-state index in [-0.39, 0.29) is 11.7 Å². The molecule has 1 aliphatic carbocycles. The lowest BCUT2D eigenvalue weighted by molar-refractivity contribution is -0.113. The lowest BCUT2D eigenvalue weighted by Crippen LogP contribution is -2.28. The number of aromatic nitrogens is 2. The predicted molar refractivity (Wildman–Crippen MR) is 129 cm³/mol. The zero-order valence-electron chi connectivity index (χ0n) is 18.4. The number of anilines is 2. The minimum atomic E-state index is -0.0940. The second-order valence-corrected chi connectivity index (χ2v) is 12.3. The van der Waals surface area contributed by atoms with Crippen LogP contribution in [0.25, 0.3) is 0 Å². The molecule has 1 N–H and O–H groups in total. The third kappa shape index (κ3) is 4.91. The molecule has 31 heavy (non-hydrogen) atoms. The minimum Gasteiger partial charge on any atom is -0.347 e. The Kier molecular flexibility index (Phi) is 6.89. The number of nitriles is 1. The Balaban J connectivity index is 1.38. The van der Waals surface area contributed by atoms with Gasteiger partial charge in [0.15, 0.2) is 4.34 Å². The fourth-order valence-corrected chi connectivity index (χ4v) is 7.32. The van der Waals surface area contributed by atoms with E-state index in [0.717, 1.165) is 53.8 Å². The standard InChI is InChI=1S/C22H29N5OS3/c1-4-22(2,3)14-7-8-15-16(12-23)19(30-17(15)11-14)24-18(28)13-29-21-26-25-20(31-21)27-9-5-6-10-27/h14H,4-11,13H2,1-3H3,(H,24,28). The number of fused-ring (bicyclic) bond motifs is 1. The largest absolute Gasteiger partial charge is 0.347 e. The molecule has 0 saturated carbocycles. The Morgan fingerprint density at radius 2 is 2.10 bits per heavy atom. The van der Waals surface area contributed by atoms with E-state index < -0.39 is 0 Å². The highest BCUT2D eigenvalue weighted by Gasteiger charge is 2.34. The van der Waals surface area contributed by atoms with Crippen molar-refractivity contribution in [2.24, 2.45) is 11.3 Å². The molecular weight excluding hydrogens is 446 g/mol. The van der Waals surface area contributed by atoms with Gasteiger partial charge in [0.05, 0.1) is 11.3 Å². The lowest BCUT2D eigenvalue weighted by atomic mass is 9.69. The SMILES string of the molecule is CCC(C)(C)C1CCc2c(sc(NC(=O)CSc3nnc(N4CCCC4)s3)c2C#N)C1. The van der Waals surface area contributed by atoms with Gasteiger partial charge in [-0.05, 0) is 49.0 Å². The van der Waals surface area contributed by atoms with Crippen molar-refractivity contribution in [2.75, 3.05) is 29.1 Å². The summed E-state index contributed by atoms with van der Waals surface area (Å²) in [6.45, 7) is 9.00. The Labute approximate surface area is 196 Å².